The van der Waals surface area contributed by atoms with E-state index in [0.717, 1.165) is 48.3 Å². The number of aromatic nitrogens is 3. The van der Waals surface area contributed by atoms with Crippen LogP contribution in [0.2, 0.25) is 0 Å². The average Bonchev–Trinajstić information content (AvgIpc) is 3.37. The fourth-order valence-electron chi connectivity index (χ4n) is 4.25. The highest BCUT2D eigenvalue weighted by Gasteiger charge is 2.29. The van der Waals surface area contributed by atoms with Gasteiger partial charge < -0.3 is 19.5 Å². The van der Waals surface area contributed by atoms with Crippen molar-refractivity contribution < 1.29 is 4.74 Å². The molecule has 1 fully saturated rings. The van der Waals surface area contributed by atoms with Crippen molar-refractivity contribution in [3.63, 3.8) is 0 Å². The van der Waals surface area contributed by atoms with Crippen LogP contribution < -0.4 is 10.1 Å². The molecule has 3 rings (SSSR count). The zero-order valence-electron chi connectivity index (χ0n) is 19.1. The number of nitrogens with one attached hydrogen (secondary N) is 1. The predicted molar refractivity (Wildman–Crippen MR) is 120 cm³/mol. The smallest absolute Gasteiger partial charge is 0.194 e. The second-order valence-electron chi connectivity index (χ2n) is 8.14. The minimum absolute atomic E-state index is 0.616. The molecule has 0 amide bonds. The summed E-state index contributed by atoms with van der Waals surface area (Å²) in [6, 6.07) is 8.12. The van der Waals surface area contributed by atoms with E-state index in [4.69, 9.17) is 9.73 Å². The van der Waals surface area contributed by atoms with E-state index in [1.54, 1.807) is 7.11 Å². The first-order chi connectivity index (χ1) is 14.5. The van der Waals surface area contributed by atoms with Gasteiger partial charge in [0, 0.05) is 20.1 Å². The molecule has 30 heavy (non-hydrogen) atoms. The van der Waals surface area contributed by atoms with Gasteiger partial charge in [-0.05, 0) is 42.9 Å². The lowest BCUT2D eigenvalue weighted by atomic mass is 9.87. The summed E-state index contributed by atoms with van der Waals surface area (Å²) < 4.78 is 7.28. The van der Waals surface area contributed by atoms with Gasteiger partial charge in [0.15, 0.2) is 11.8 Å². The lowest BCUT2D eigenvalue weighted by Crippen LogP contribution is -2.40. The summed E-state index contributed by atoms with van der Waals surface area (Å²) in [5.74, 6) is 5.19. The van der Waals surface area contributed by atoms with Gasteiger partial charge in [0.2, 0.25) is 0 Å². The Balaban J connectivity index is 1.72. The number of aryl methyl sites for hydroxylation is 1. The highest BCUT2D eigenvalue weighted by Crippen LogP contribution is 2.28. The minimum Gasteiger partial charge on any atom is -0.497 e. The summed E-state index contributed by atoms with van der Waals surface area (Å²) in [6.07, 6.45) is 3.73. The van der Waals surface area contributed by atoms with Crippen molar-refractivity contribution >= 4 is 5.96 Å². The zero-order chi connectivity index (χ0) is 21.5. The van der Waals surface area contributed by atoms with Crippen LogP contribution in [0.5, 0.6) is 5.75 Å². The number of benzene rings is 1. The molecule has 0 saturated carbocycles. The number of rotatable bonds is 8. The molecule has 1 atom stereocenters. The first kappa shape index (κ1) is 22.1. The second-order valence-corrected chi connectivity index (χ2v) is 8.14. The van der Waals surface area contributed by atoms with E-state index in [9.17, 15) is 0 Å². The Labute approximate surface area is 180 Å². The molecule has 1 N–H and O–H groups in total. The van der Waals surface area contributed by atoms with Crippen LogP contribution >= 0.6 is 0 Å². The number of nitrogens with zero attached hydrogens (tertiary/aromatic N) is 5. The quantitative estimate of drug-likeness (QED) is 0.531. The van der Waals surface area contributed by atoms with Gasteiger partial charge in [0.05, 0.1) is 20.2 Å². The lowest BCUT2D eigenvalue weighted by Gasteiger charge is -2.24. The minimum atomic E-state index is 0.616. The second kappa shape index (κ2) is 10.5. The fraction of sp³-hybridized carbons (Fsp3) is 0.609. The van der Waals surface area contributed by atoms with E-state index >= 15 is 0 Å². The van der Waals surface area contributed by atoms with Crippen LogP contribution in [0.25, 0.3) is 0 Å². The monoisotopic (exact) mass is 412 g/mol. The number of likely N-dealkylation sites (tertiary alicyclic amines) is 1. The largest absolute Gasteiger partial charge is 0.497 e. The van der Waals surface area contributed by atoms with Crippen LogP contribution in [0.15, 0.2) is 29.3 Å². The summed E-state index contributed by atoms with van der Waals surface area (Å²) in [4.78, 5) is 7.37. The molecule has 1 aliphatic rings. The Bertz CT molecular complexity index is 825. The van der Waals surface area contributed by atoms with Crippen LogP contribution in [-0.4, -0.2) is 45.8 Å². The van der Waals surface area contributed by atoms with E-state index < -0.39 is 0 Å². The molecule has 2 heterocycles. The highest BCUT2D eigenvalue weighted by atomic mass is 16.5. The Kier molecular flexibility index (Phi) is 7.71. The normalized spacial score (nSPS) is 17.1. The molecule has 1 saturated heterocycles. The Morgan fingerprint density at radius 1 is 1.23 bits per heavy atom. The summed E-state index contributed by atoms with van der Waals surface area (Å²) in [6.45, 7) is 9.96. The molecule has 2 aromatic rings. The summed E-state index contributed by atoms with van der Waals surface area (Å²) >= 11 is 0. The first-order valence-electron chi connectivity index (χ1n) is 11.1. The maximum absolute atomic E-state index is 5.26. The van der Waals surface area contributed by atoms with Gasteiger partial charge in [-0.3, -0.25) is 0 Å². The number of ether oxygens (including phenoxy) is 1. The molecule has 0 radical (unpaired) electrons. The van der Waals surface area contributed by atoms with Crippen LogP contribution in [0, 0.1) is 18.8 Å². The van der Waals surface area contributed by atoms with E-state index in [2.05, 4.69) is 46.4 Å². The molecular weight excluding hydrogens is 376 g/mol. The molecule has 1 unspecified atom stereocenters. The van der Waals surface area contributed by atoms with E-state index in [-0.39, 0.29) is 0 Å². The Hall–Kier alpha value is -2.57. The third kappa shape index (κ3) is 5.32. The molecule has 1 aliphatic heterocycles. The summed E-state index contributed by atoms with van der Waals surface area (Å²) in [5.41, 5.74) is 1.17. The molecule has 164 valence electrons. The van der Waals surface area contributed by atoms with E-state index in [0.29, 0.717) is 13.1 Å². The van der Waals surface area contributed by atoms with Crippen molar-refractivity contribution in [3.05, 3.63) is 41.5 Å². The number of methoxy groups -OCH3 is 1. The maximum Gasteiger partial charge on any atom is 0.194 e. The van der Waals surface area contributed by atoms with Gasteiger partial charge >= 0.3 is 0 Å². The number of hydrogen-bond acceptors (Lipinski definition) is 4. The Morgan fingerprint density at radius 3 is 2.57 bits per heavy atom. The van der Waals surface area contributed by atoms with Gasteiger partial charge in [-0.15, -0.1) is 10.2 Å². The fourth-order valence-corrected chi connectivity index (χ4v) is 4.25. The van der Waals surface area contributed by atoms with Crippen LogP contribution in [0.4, 0.5) is 0 Å². The number of hydrogen-bond donors (Lipinski definition) is 1. The number of aliphatic imine (C=N–C) groups is 1. The van der Waals surface area contributed by atoms with Crippen molar-refractivity contribution in [2.45, 2.75) is 53.1 Å². The van der Waals surface area contributed by atoms with Gasteiger partial charge in [-0.1, -0.05) is 38.8 Å². The molecule has 0 aliphatic carbocycles. The van der Waals surface area contributed by atoms with E-state index in [1.807, 2.05) is 30.7 Å². The first-order valence-corrected chi connectivity index (χ1v) is 11.1. The van der Waals surface area contributed by atoms with Crippen molar-refractivity contribution in [2.75, 3.05) is 20.2 Å². The van der Waals surface area contributed by atoms with Crippen molar-refractivity contribution in [3.8, 4) is 5.75 Å². The average molecular weight is 413 g/mol. The van der Waals surface area contributed by atoms with Gasteiger partial charge in [0.1, 0.15) is 11.6 Å². The molecule has 7 nitrogen and oxygen atoms in total. The van der Waals surface area contributed by atoms with Crippen LogP contribution in [-0.2, 0) is 20.1 Å². The Morgan fingerprint density at radius 2 is 1.97 bits per heavy atom. The molecular formula is C23H36N6O. The molecule has 1 aromatic carbocycles. The highest BCUT2D eigenvalue weighted by molar-refractivity contribution is 5.80. The number of guanidine groups is 1. The zero-order valence-corrected chi connectivity index (χ0v) is 19.1. The third-order valence-electron chi connectivity index (χ3n) is 6.40. The van der Waals surface area contributed by atoms with Crippen molar-refractivity contribution in [1.82, 2.24) is 25.0 Å². The van der Waals surface area contributed by atoms with Crippen molar-refractivity contribution in [2.24, 2.45) is 23.9 Å². The summed E-state index contributed by atoms with van der Waals surface area (Å²) in [7, 11) is 3.69. The van der Waals surface area contributed by atoms with Gasteiger partial charge in [-0.2, -0.15) is 0 Å². The standard InChI is InChI=1S/C23H36N6O/c1-6-19(7-2)20-12-13-29(16-20)23(25-15-22-27-26-17(3)28(22)4)24-14-18-8-10-21(30-5)11-9-18/h8-11,19-20H,6-7,12-16H2,1-5H3,(H,24,25). The maximum atomic E-state index is 5.26. The summed E-state index contributed by atoms with van der Waals surface area (Å²) in [5, 5.41) is 12.0. The molecule has 0 bridgehead atoms. The molecule has 1 aromatic heterocycles. The van der Waals surface area contributed by atoms with Crippen LogP contribution in [0.1, 0.15) is 50.3 Å². The molecule has 0 spiro atoms. The topological polar surface area (TPSA) is 67.6 Å². The predicted octanol–water partition coefficient (Wildman–Crippen LogP) is 3.54. The van der Waals surface area contributed by atoms with Crippen molar-refractivity contribution in [1.29, 1.82) is 0 Å². The lowest BCUT2D eigenvalue weighted by molar-refractivity contribution is 0.318. The van der Waals surface area contributed by atoms with Crippen LogP contribution in [0.3, 0.4) is 0 Å². The third-order valence-corrected chi connectivity index (χ3v) is 6.40. The molecule has 7 heteroatoms. The SMILES string of the molecule is CCC(CC)C1CCN(C(=NCc2ccc(OC)cc2)NCc2nnc(C)n2C)C1. The van der Waals surface area contributed by atoms with E-state index in [1.165, 1.54) is 24.8 Å². The van der Waals surface area contributed by atoms with Gasteiger partial charge in [-0.25, -0.2) is 4.99 Å². The van der Waals surface area contributed by atoms with Gasteiger partial charge in [0.25, 0.3) is 0 Å².